The average molecular weight is 520 g/mol. The number of nitrogens with one attached hydrogen (secondary N) is 3. The SMILES string of the molecule is CC(=O)c1ccc(-c2ccnc3nc(-c4n[nH]c5ccc(-c6cncc(NC(=O)C7CC7)c6)cc45)[nH]c23)s1. The van der Waals surface area contributed by atoms with Gasteiger partial charge in [0.15, 0.2) is 17.3 Å². The van der Waals surface area contributed by atoms with Crippen molar-refractivity contribution < 1.29 is 9.59 Å². The van der Waals surface area contributed by atoms with E-state index in [0.717, 1.165) is 50.8 Å². The van der Waals surface area contributed by atoms with E-state index in [1.165, 1.54) is 11.3 Å². The molecule has 1 saturated carbocycles. The van der Waals surface area contributed by atoms with Crippen molar-refractivity contribution in [3.8, 4) is 33.1 Å². The summed E-state index contributed by atoms with van der Waals surface area (Å²) in [5, 5.41) is 11.5. The minimum absolute atomic E-state index is 0.0432. The van der Waals surface area contributed by atoms with Crippen LogP contribution in [0.4, 0.5) is 5.69 Å². The number of aromatic amines is 2. The number of hydrogen-bond donors (Lipinski definition) is 3. The van der Waals surface area contributed by atoms with Crippen LogP contribution >= 0.6 is 11.3 Å². The number of amides is 1. The largest absolute Gasteiger partial charge is 0.335 e. The lowest BCUT2D eigenvalue weighted by atomic mass is 10.0. The number of thiophene rings is 1. The molecule has 0 unspecified atom stereocenters. The number of pyridine rings is 2. The van der Waals surface area contributed by atoms with Gasteiger partial charge >= 0.3 is 0 Å². The van der Waals surface area contributed by atoms with E-state index in [2.05, 4.69) is 30.5 Å². The predicted octanol–water partition coefficient (Wildman–Crippen LogP) is 5.84. The van der Waals surface area contributed by atoms with Crippen molar-refractivity contribution in [2.75, 3.05) is 5.32 Å². The molecule has 1 aliphatic rings. The number of nitrogens with zero attached hydrogens (tertiary/aromatic N) is 4. The molecule has 0 radical (unpaired) electrons. The first-order chi connectivity index (χ1) is 18.5. The first-order valence-electron chi connectivity index (χ1n) is 12.2. The van der Waals surface area contributed by atoms with E-state index in [0.29, 0.717) is 27.7 Å². The summed E-state index contributed by atoms with van der Waals surface area (Å²) in [4.78, 5) is 42.6. The fourth-order valence-corrected chi connectivity index (χ4v) is 5.46. The Kier molecular flexibility index (Phi) is 5.15. The van der Waals surface area contributed by atoms with Gasteiger partial charge in [0, 0.05) is 39.7 Å². The number of benzene rings is 1. The first-order valence-corrected chi connectivity index (χ1v) is 13.1. The van der Waals surface area contributed by atoms with E-state index >= 15 is 0 Å². The number of carbonyl (C=O) groups is 2. The highest BCUT2D eigenvalue weighted by Crippen LogP contribution is 2.35. The first kappa shape index (κ1) is 22.5. The predicted molar refractivity (Wildman–Crippen MR) is 147 cm³/mol. The molecule has 1 aliphatic carbocycles. The van der Waals surface area contributed by atoms with Gasteiger partial charge in [-0.1, -0.05) is 6.07 Å². The second-order valence-corrected chi connectivity index (χ2v) is 10.5. The van der Waals surface area contributed by atoms with Crippen molar-refractivity contribution in [3.05, 3.63) is 65.9 Å². The third-order valence-electron chi connectivity index (χ3n) is 6.68. The Bertz CT molecular complexity index is 1880. The molecular formula is C28H21N7O2S. The van der Waals surface area contributed by atoms with Gasteiger partial charge in [-0.2, -0.15) is 5.10 Å². The Morgan fingerprint density at radius 2 is 1.95 bits per heavy atom. The Balaban J connectivity index is 1.27. The van der Waals surface area contributed by atoms with Crippen molar-refractivity contribution in [3.63, 3.8) is 0 Å². The molecule has 0 spiro atoms. The van der Waals surface area contributed by atoms with Gasteiger partial charge in [-0.15, -0.1) is 11.3 Å². The summed E-state index contributed by atoms with van der Waals surface area (Å²) in [5.41, 5.74) is 6.36. The van der Waals surface area contributed by atoms with Gasteiger partial charge in [-0.25, -0.2) is 9.97 Å². The van der Waals surface area contributed by atoms with Gasteiger partial charge in [-0.3, -0.25) is 19.7 Å². The molecule has 3 N–H and O–H groups in total. The van der Waals surface area contributed by atoms with Gasteiger partial charge in [0.2, 0.25) is 5.91 Å². The summed E-state index contributed by atoms with van der Waals surface area (Å²) >= 11 is 1.45. The highest BCUT2D eigenvalue weighted by atomic mass is 32.1. The second-order valence-electron chi connectivity index (χ2n) is 9.42. The molecule has 186 valence electrons. The van der Waals surface area contributed by atoms with E-state index in [-0.39, 0.29) is 17.6 Å². The van der Waals surface area contributed by atoms with Gasteiger partial charge < -0.3 is 10.3 Å². The van der Waals surface area contributed by atoms with E-state index in [1.54, 1.807) is 25.5 Å². The molecule has 38 heavy (non-hydrogen) atoms. The maximum Gasteiger partial charge on any atom is 0.227 e. The lowest BCUT2D eigenvalue weighted by Crippen LogP contribution is -2.13. The number of ketones is 1. The molecular weight excluding hydrogens is 498 g/mol. The van der Waals surface area contributed by atoms with Crippen molar-refractivity contribution in [2.45, 2.75) is 19.8 Å². The molecule has 0 aliphatic heterocycles. The Hall–Kier alpha value is -4.70. The van der Waals surface area contributed by atoms with Gasteiger partial charge in [-0.05, 0) is 61.7 Å². The van der Waals surface area contributed by atoms with Gasteiger partial charge in [0.05, 0.1) is 27.8 Å². The van der Waals surface area contributed by atoms with Crippen LogP contribution in [-0.4, -0.2) is 41.8 Å². The third-order valence-corrected chi connectivity index (χ3v) is 7.90. The highest BCUT2D eigenvalue weighted by Gasteiger charge is 2.29. The molecule has 5 aromatic heterocycles. The Morgan fingerprint density at radius 1 is 1.05 bits per heavy atom. The zero-order valence-electron chi connectivity index (χ0n) is 20.3. The lowest BCUT2D eigenvalue weighted by Gasteiger charge is -2.07. The van der Waals surface area contributed by atoms with E-state index in [4.69, 9.17) is 4.98 Å². The van der Waals surface area contributed by atoms with Crippen LogP contribution in [0, 0.1) is 5.92 Å². The van der Waals surface area contributed by atoms with E-state index in [1.807, 2.05) is 42.5 Å². The number of anilines is 1. The Labute approximate surface area is 220 Å². The summed E-state index contributed by atoms with van der Waals surface area (Å²) < 4.78 is 0. The average Bonchev–Trinajstić information content (AvgIpc) is 3.32. The summed E-state index contributed by atoms with van der Waals surface area (Å²) in [6.07, 6.45) is 7.06. The van der Waals surface area contributed by atoms with Crippen LogP contribution in [0.3, 0.4) is 0 Å². The fraction of sp³-hybridized carbons (Fsp3) is 0.143. The van der Waals surface area contributed by atoms with E-state index < -0.39 is 0 Å². The van der Waals surface area contributed by atoms with Gasteiger partial charge in [0.25, 0.3) is 0 Å². The molecule has 1 amide bonds. The maximum atomic E-state index is 12.2. The number of fused-ring (bicyclic) bond motifs is 2. The molecule has 1 fully saturated rings. The van der Waals surface area contributed by atoms with Gasteiger partial charge in [0.1, 0.15) is 5.69 Å². The number of H-pyrrole nitrogens is 2. The van der Waals surface area contributed by atoms with Crippen molar-refractivity contribution in [1.82, 2.24) is 30.1 Å². The molecule has 1 aromatic carbocycles. The number of Topliss-reactive ketones (excluding diaryl/α,β-unsaturated/α-hetero) is 1. The molecule has 7 rings (SSSR count). The van der Waals surface area contributed by atoms with Crippen LogP contribution in [0.2, 0.25) is 0 Å². The monoisotopic (exact) mass is 519 g/mol. The minimum Gasteiger partial charge on any atom is -0.335 e. The molecule has 6 aromatic rings. The summed E-state index contributed by atoms with van der Waals surface area (Å²) in [7, 11) is 0. The summed E-state index contributed by atoms with van der Waals surface area (Å²) in [6.45, 7) is 1.57. The number of imidazole rings is 1. The number of aromatic nitrogens is 6. The topological polar surface area (TPSA) is 129 Å². The van der Waals surface area contributed by atoms with Crippen LogP contribution in [0.5, 0.6) is 0 Å². The second kappa shape index (κ2) is 8.70. The normalized spacial score (nSPS) is 13.3. The van der Waals surface area contributed by atoms with Crippen molar-refractivity contribution in [2.24, 2.45) is 5.92 Å². The molecule has 0 saturated heterocycles. The molecule has 0 bridgehead atoms. The molecule has 0 atom stereocenters. The number of hydrogen-bond acceptors (Lipinski definition) is 7. The molecule has 9 nitrogen and oxygen atoms in total. The zero-order chi connectivity index (χ0) is 25.8. The maximum absolute atomic E-state index is 12.2. The number of carbonyl (C=O) groups excluding carboxylic acids is 2. The minimum atomic E-state index is 0.0432. The smallest absolute Gasteiger partial charge is 0.227 e. The van der Waals surface area contributed by atoms with Crippen LogP contribution in [0.25, 0.3) is 55.2 Å². The standard InChI is InChI=1S/C28H21N7O2S/c1-14(36)22-6-7-23(38-22)19-8-9-30-26-24(19)32-27(33-26)25-20-11-16(4-5-21(20)34-35-25)17-10-18(13-29-12-17)31-28(37)15-2-3-15/h4-13,15H,2-3H2,1H3,(H,31,37)(H,34,35)(H,30,32,33). The lowest BCUT2D eigenvalue weighted by molar-refractivity contribution is -0.117. The van der Waals surface area contributed by atoms with Crippen molar-refractivity contribution >= 4 is 50.8 Å². The molecule has 10 heteroatoms. The quantitative estimate of drug-likeness (QED) is 0.237. The van der Waals surface area contributed by atoms with Crippen LogP contribution in [0.1, 0.15) is 29.4 Å². The van der Waals surface area contributed by atoms with Crippen molar-refractivity contribution in [1.29, 1.82) is 0 Å². The number of rotatable bonds is 6. The van der Waals surface area contributed by atoms with Crippen LogP contribution < -0.4 is 5.32 Å². The van der Waals surface area contributed by atoms with Crippen LogP contribution in [-0.2, 0) is 4.79 Å². The Morgan fingerprint density at radius 3 is 2.76 bits per heavy atom. The summed E-state index contributed by atoms with van der Waals surface area (Å²) in [5.74, 6) is 0.810. The summed E-state index contributed by atoms with van der Waals surface area (Å²) in [6, 6.07) is 13.6. The highest BCUT2D eigenvalue weighted by molar-refractivity contribution is 7.17. The zero-order valence-corrected chi connectivity index (χ0v) is 21.1. The molecule has 5 heterocycles. The van der Waals surface area contributed by atoms with E-state index in [9.17, 15) is 9.59 Å². The fourth-order valence-electron chi connectivity index (χ4n) is 4.53. The van der Waals surface area contributed by atoms with Crippen LogP contribution in [0.15, 0.2) is 61.1 Å². The third kappa shape index (κ3) is 3.95.